The van der Waals surface area contributed by atoms with E-state index in [1.165, 1.54) is 38.1 Å². The second-order valence-corrected chi connectivity index (χ2v) is 7.47. The smallest absolute Gasteiger partial charge is 0.283 e. The van der Waals surface area contributed by atoms with Crippen molar-refractivity contribution in [1.82, 2.24) is 5.01 Å². The van der Waals surface area contributed by atoms with Crippen LogP contribution >= 0.6 is 11.8 Å². The number of amidine groups is 2. The van der Waals surface area contributed by atoms with E-state index in [4.69, 9.17) is 19.6 Å². The highest BCUT2D eigenvalue weighted by atomic mass is 32.2. The third-order valence-corrected chi connectivity index (χ3v) is 5.46. The molecule has 0 aliphatic carbocycles. The molecule has 1 N–H and O–H groups in total. The van der Waals surface area contributed by atoms with E-state index in [1.54, 1.807) is 18.2 Å². The van der Waals surface area contributed by atoms with Gasteiger partial charge in [-0.3, -0.25) is 10.2 Å². The lowest BCUT2D eigenvalue weighted by molar-refractivity contribution is -0.114. The number of unbranched alkanes of at least 4 members (excludes halogenated alkanes) is 2. The lowest BCUT2D eigenvalue weighted by Crippen LogP contribution is -2.35. The molecule has 0 aromatic heterocycles. The number of aliphatic imine (C=N–C) groups is 1. The molecule has 1 amide bonds. The van der Waals surface area contributed by atoms with Gasteiger partial charge in [0.25, 0.3) is 5.91 Å². The van der Waals surface area contributed by atoms with Crippen LogP contribution in [0.4, 0.5) is 0 Å². The lowest BCUT2D eigenvalue weighted by Gasteiger charge is -2.20. The topological polar surface area (TPSA) is 96.6 Å². The Kier molecular flexibility index (Phi) is 6.58. The van der Waals surface area contributed by atoms with Crippen LogP contribution in [0.15, 0.2) is 27.8 Å². The fourth-order valence-electron chi connectivity index (χ4n) is 3.01. The molecule has 2 heterocycles. The molecule has 1 aromatic rings. The van der Waals surface area contributed by atoms with Gasteiger partial charge < -0.3 is 14.2 Å². The molecule has 8 nitrogen and oxygen atoms in total. The van der Waals surface area contributed by atoms with Gasteiger partial charge in [0.15, 0.2) is 17.3 Å². The van der Waals surface area contributed by atoms with Crippen LogP contribution in [0.2, 0.25) is 0 Å². The van der Waals surface area contributed by atoms with Crippen LogP contribution in [0.1, 0.15) is 38.2 Å². The maximum absolute atomic E-state index is 12.6. The van der Waals surface area contributed by atoms with Gasteiger partial charge in [-0.05, 0) is 48.4 Å². The number of nitrogens with zero attached hydrogens (tertiary/aromatic N) is 3. The summed E-state index contributed by atoms with van der Waals surface area (Å²) in [5.74, 6) is 0.926. The quantitative estimate of drug-likeness (QED) is 0.510. The number of fused-ring (bicyclic) bond motifs is 1. The number of amides is 1. The highest BCUT2D eigenvalue weighted by Crippen LogP contribution is 2.39. The summed E-state index contributed by atoms with van der Waals surface area (Å²) in [6.07, 6.45) is 5.68. The highest BCUT2D eigenvalue weighted by molar-refractivity contribution is 8.26. The van der Waals surface area contributed by atoms with Crippen LogP contribution in [-0.4, -0.2) is 48.3 Å². The van der Waals surface area contributed by atoms with Crippen molar-refractivity contribution in [1.29, 1.82) is 5.41 Å². The van der Waals surface area contributed by atoms with Gasteiger partial charge in [-0.25, -0.2) is 0 Å². The molecule has 9 heteroatoms. The van der Waals surface area contributed by atoms with Crippen molar-refractivity contribution in [2.24, 2.45) is 10.1 Å². The van der Waals surface area contributed by atoms with E-state index < -0.39 is 5.91 Å². The molecule has 0 radical (unpaired) electrons. The lowest BCUT2D eigenvalue weighted by atomic mass is 10.1. The van der Waals surface area contributed by atoms with Crippen molar-refractivity contribution in [3.63, 3.8) is 0 Å². The first-order valence-electron chi connectivity index (χ1n) is 9.31. The zero-order valence-corrected chi connectivity index (χ0v) is 17.8. The van der Waals surface area contributed by atoms with Crippen LogP contribution in [0, 0.1) is 5.41 Å². The van der Waals surface area contributed by atoms with Crippen molar-refractivity contribution < 1.29 is 19.0 Å². The Morgan fingerprint density at radius 2 is 1.83 bits per heavy atom. The summed E-state index contributed by atoms with van der Waals surface area (Å²) in [5.41, 5.74) is 0.785. The standard InChI is InChI=1S/C20H24N4O4S/c1-5-6-7-8-16-23-24-18(21)13(19(25)22-20(24)29-16)9-12-10-14(26-2)17(28-4)15(11-12)27-3/h9-11,21H,5-8H2,1-4H3/b13-9-,21-18?. The summed E-state index contributed by atoms with van der Waals surface area (Å²) in [7, 11) is 4.57. The van der Waals surface area contributed by atoms with Crippen LogP contribution in [0.25, 0.3) is 6.08 Å². The largest absolute Gasteiger partial charge is 0.493 e. The average Bonchev–Trinajstić information content (AvgIpc) is 3.13. The van der Waals surface area contributed by atoms with E-state index in [-0.39, 0.29) is 11.4 Å². The monoisotopic (exact) mass is 416 g/mol. The van der Waals surface area contributed by atoms with Crippen molar-refractivity contribution in [2.75, 3.05) is 21.3 Å². The number of hydrogen-bond acceptors (Lipinski definition) is 7. The number of rotatable bonds is 8. The fraction of sp³-hybridized carbons (Fsp3) is 0.400. The normalized spacial score (nSPS) is 17.2. The molecule has 1 aromatic carbocycles. The molecular formula is C20H24N4O4S. The molecule has 0 spiro atoms. The maximum Gasteiger partial charge on any atom is 0.283 e. The molecule has 2 aliphatic rings. The second-order valence-electron chi connectivity index (χ2n) is 6.43. The van der Waals surface area contributed by atoms with E-state index in [2.05, 4.69) is 17.0 Å². The SMILES string of the molecule is CCCCCC1=NN2C(=N)/C(=C/c3cc(OC)c(OC)c(OC)c3)C(=O)N=C2S1. The van der Waals surface area contributed by atoms with Crippen molar-refractivity contribution in [2.45, 2.75) is 32.6 Å². The summed E-state index contributed by atoms with van der Waals surface area (Å²) < 4.78 is 16.0. The number of hydrazone groups is 1. The van der Waals surface area contributed by atoms with Crippen LogP contribution in [0.3, 0.4) is 0 Å². The Balaban J connectivity index is 1.91. The Hall–Kier alpha value is -2.81. The number of carbonyl (C=O) groups excluding carboxylic acids is 1. The first kappa shape index (κ1) is 20.9. The van der Waals surface area contributed by atoms with Gasteiger partial charge in [0.2, 0.25) is 10.9 Å². The minimum absolute atomic E-state index is 0.00624. The van der Waals surface area contributed by atoms with Gasteiger partial charge in [-0.2, -0.15) is 15.1 Å². The molecule has 2 aliphatic heterocycles. The zero-order chi connectivity index (χ0) is 21.0. The number of nitrogens with one attached hydrogen (secondary N) is 1. The molecule has 0 fully saturated rings. The molecule has 0 saturated carbocycles. The maximum atomic E-state index is 12.6. The Labute approximate surface area is 174 Å². The number of methoxy groups -OCH3 is 3. The number of hydrogen-bond donors (Lipinski definition) is 1. The predicted octanol–water partition coefficient (Wildman–Crippen LogP) is 3.91. The first-order chi connectivity index (χ1) is 14.0. The number of thioether (sulfide) groups is 1. The van der Waals surface area contributed by atoms with Gasteiger partial charge >= 0.3 is 0 Å². The molecule has 0 bridgehead atoms. The molecule has 3 rings (SSSR count). The van der Waals surface area contributed by atoms with E-state index in [0.29, 0.717) is 28.0 Å². The van der Waals surface area contributed by atoms with Crippen molar-refractivity contribution in [3.05, 3.63) is 23.3 Å². The Bertz CT molecular complexity index is 898. The van der Waals surface area contributed by atoms with Gasteiger partial charge in [0.05, 0.1) is 26.9 Å². The van der Waals surface area contributed by atoms with Gasteiger partial charge in [0, 0.05) is 0 Å². The van der Waals surface area contributed by atoms with Crippen LogP contribution in [-0.2, 0) is 4.79 Å². The van der Waals surface area contributed by atoms with Gasteiger partial charge in [-0.15, -0.1) is 0 Å². The third kappa shape index (κ3) is 4.29. The van der Waals surface area contributed by atoms with Crippen molar-refractivity contribution >= 4 is 39.8 Å². The highest BCUT2D eigenvalue weighted by Gasteiger charge is 2.35. The third-order valence-electron chi connectivity index (χ3n) is 4.49. The Morgan fingerprint density at radius 1 is 1.14 bits per heavy atom. The number of benzene rings is 1. The number of carbonyl (C=O) groups is 1. The van der Waals surface area contributed by atoms with E-state index in [1.807, 2.05) is 0 Å². The molecule has 0 atom stereocenters. The van der Waals surface area contributed by atoms with Gasteiger partial charge in [-0.1, -0.05) is 19.8 Å². The first-order valence-corrected chi connectivity index (χ1v) is 10.1. The zero-order valence-electron chi connectivity index (χ0n) is 16.9. The molecule has 0 unspecified atom stereocenters. The number of ether oxygens (including phenoxy) is 3. The fourth-order valence-corrected chi connectivity index (χ4v) is 3.94. The molecule has 29 heavy (non-hydrogen) atoms. The summed E-state index contributed by atoms with van der Waals surface area (Å²) in [6.45, 7) is 2.14. The average molecular weight is 417 g/mol. The van der Waals surface area contributed by atoms with Crippen molar-refractivity contribution in [3.8, 4) is 17.2 Å². The molecular weight excluding hydrogens is 392 g/mol. The summed E-state index contributed by atoms with van der Waals surface area (Å²) in [5, 5.41) is 15.7. The van der Waals surface area contributed by atoms with E-state index >= 15 is 0 Å². The summed E-state index contributed by atoms with van der Waals surface area (Å²) >= 11 is 1.36. The summed E-state index contributed by atoms with van der Waals surface area (Å²) in [6, 6.07) is 3.43. The van der Waals surface area contributed by atoms with Crippen LogP contribution in [0.5, 0.6) is 17.2 Å². The molecule has 154 valence electrons. The second kappa shape index (κ2) is 9.13. The predicted molar refractivity (Wildman–Crippen MR) is 115 cm³/mol. The van der Waals surface area contributed by atoms with E-state index in [0.717, 1.165) is 30.7 Å². The van der Waals surface area contributed by atoms with E-state index in [9.17, 15) is 4.79 Å². The minimum Gasteiger partial charge on any atom is -0.493 e. The van der Waals surface area contributed by atoms with Crippen LogP contribution < -0.4 is 14.2 Å². The molecule has 0 saturated heterocycles. The summed E-state index contributed by atoms with van der Waals surface area (Å²) in [4.78, 5) is 16.7. The van der Waals surface area contributed by atoms with Gasteiger partial charge in [0.1, 0.15) is 5.04 Å². The Morgan fingerprint density at radius 3 is 2.41 bits per heavy atom. The minimum atomic E-state index is -0.465.